The summed E-state index contributed by atoms with van der Waals surface area (Å²) < 4.78 is 15.1. The van der Waals surface area contributed by atoms with E-state index in [0.29, 0.717) is 22.1 Å². The van der Waals surface area contributed by atoms with E-state index in [-0.39, 0.29) is 24.4 Å². The first kappa shape index (κ1) is 24.4. The molecule has 1 amide bonds. The molecule has 3 aromatic rings. The fourth-order valence-electron chi connectivity index (χ4n) is 4.38. The van der Waals surface area contributed by atoms with Crippen LogP contribution in [-0.4, -0.2) is 34.6 Å². The number of aryl methyl sites for hydroxylation is 1. The van der Waals surface area contributed by atoms with Crippen LogP contribution in [0.25, 0.3) is 6.08 Å². The van der Waals surface area contributed by atoms with Gasteiger partial charge < -0.3 is 14.2 Å². The molecular weight excluding hydrogens is 522 g/mol. The van der Waals surface area contributed by atoms with Gasteiger partial charge in [0.15, 0.2) is 11.5 Å². The van der Waals surface area contributed by atoms with Gasteiger partial charge in [-0.2, -0.15) is 5.10 Å². The second-order valence-corrected chi connectivity index (χ2v) is 11.3. The number of hydrogen-bond acceptors (Lipinski definition) is 9. The number of para-hydroxylation sites is 1. The highest BCUT2D eigenvalue weighted by atomic mass is 32.2. The molecule has 8 nitrogen and oxygen atoms in total. The van der Waals surface area contributed by atoms with Gasteiger partial charge in [-0.1, -0.05) is 48.2 Å². The number of amides is 1. The van der Waals surface area contributed by atoms with Crippen molar-refractivity contribution >= 4 is 57.9 Å². The molecule has 1 fully saturated rings. The number of carbonyl (C=O) groups is 2. The van der Waals surface area contributed by atoms with Gasteiger partial charge in [0.05, 0.1) is 17.2 Å². The van der Waals surface area contributed by atoms with Crippen LogP contribution in [0.5, 0.6) is 11.5 Å². The minimum absolute atomic E-state index is 0.171. The van der Waals surface area contributed by atoms with E-state index < -0.39 is 10.3 Å². The lowest BCUT2D eigenvalue weighted by molar-refractivity contribution is -0.134. The highest BCUT2D eigenvalue weighted by Gasteiger charge is 2.60. The van der Waals surface area contributed by atoms with Gasteiger partial charge in [-0.05, 0) is 79.2 Å². The number of esters is 1. The Morgan fingerprint density at radius 2 is 1.82 bits per heavy atom. The molecule has 0 radical (unpaired) electrons. The van der Waals surface area contributed by atoms with Gasteiger partial charge in [0, 0.05) is 5.69 Å². The molecule has 0 aromatic heterocycles. The number of carbonyl (C=O) groups excluding carboxylic acids is 2. The monoisotopic (exact) mass is 545 g/mol. The number of thioether (sulfide) groups is 2. The summed E-state index contributed by atoms with van der Waals surface area (Å²) in [7, 11) is 0. The van der Waals surface area contributed by atoms with E-state index in [2.05, 4.69) is 0 Å². The first-order chi connectivity index (χ1) is 18.5. The summed E-state index contributed by atoms with van der Waals surface area (Å²) in [5.74, 6) is 0.573. The third-order valence-electron chi connectivity index (χ3n) is 6.03. The van der Waals surface area contributed by atoms with Crippen molar-refractivity contribution < 1.29 is 23.8 Å². The SMILES string of the molecule is CCOC(=O)C1=NN(c2cccc(C)c2)C2(SC(=Cc3ccc4c(c3)OCO4)C(=O)N2c2ccccc2)S1. The van der Waals surface area contributed by atoms with Gasteiger partial charge in [0.25, 0.3) is 5.91 Å². The summed E-state index contributed by atoms with van der Waals surface area (Å²) in [6.07, 6.45) is 1.83. The molecule has 3 aliphatic rings. The smallest absolute Gasteiger partial charge is 0.365 e. The van der Waals surface area contributed by atoms with Gasteiger partial charge in [0.1, 0.15) is 0 Å². The average Bonchev–Trinajstić information content (AvgIpc) is 3.61. The number of benzene rings is 3. The van der Waals surface area contributed by atoms with Gasteiger partial charge in [-0.15, -0.1) is 0 Å². The Balaban J connectivity index is 1.49. The fourth-order valence-corrected chi connectivity index (χ4v) is 7.25. The molecule has 0 bridgehead atoms. The van der Waals surface area contributed by atoms with Crippen molar-refractivity contribution in [3.8, 4) is 11.5 Å². The van der Waals surface area contributed by atoms with Crippen molar-refractivity contribution in [1.82, 2.24) is 0 Å². The molecule has 0 N–H and O–H groups in total. The second-order valence-electron chi connectivity index (χ2n) is 8.63. The maximum atomic E-state index is 14.1. The van der Waals surface area contributed by atoms with Gasteiger partial charge in [-0.25, -0.2) is 9.80 Å². The number of hydrazone groups is 1. The molecule has 38 heavy (non-hydrogen) atoms. The highest BCUT2D eigenvalue weighted by Crippen LogP contribution is 2.59. The largest absolute Gasteiger partial charge is 0.461 e. The molecule has 3 heterocycles. The summed E-state index contributed by atoms with van der Waals surface area (Å²) >= 11 is 2.54. The Morgan fingerprint density at radius 1 is 1.03 bits per heavy atom. The maximum Gasteiger partial charge on any atom is 0.365 e. The molecule has 1 unspecified atom stereocenters. The maximum absolute atomic E-state index is 14.1. The van der Waals surface area contributed by atoms with E-state index in [4.69, 9.17) is 19.3 Å². The zero-order chi connectivity index (χ0) is 26.3. The van der Waals surface area contributed by atoms with Crippen molar-refractivity contribution in [2.75, 3.05) is 23.3 Å². The summed E-state index contributed by atoms with van der Waals surface area (Å²) in [4.78, 5) is 29.2. The van der Waals surface area contributed by atoms with Crippen LogP contribution in [0.15, 0.2) is 82.8 Å². The third-order valence-corrected chi connectivity index (χ3v) is 8.73. The third kappa shape index (κ3) is 4.19. The van der Waals surface area contributed by atoms with E-state index in [1.54, 1.807) is 16.8 Å². The average molecular weight is 546 g/mol. The Bertz CT molecular complexity index is 1490. The molecule has 3 aromatic carbocycles. The van der Waals surface area contributed by atoms with Crippen LogP contribution < -0.4 is 19.4 Å². The molecule has 0 aliphatic carbocycles. The van der Waals surface area contributed by atoms with Crippen molar-refractivity contribution in [3.05, 3.63) is 88.8 Å². The quantitative estimate of drug-likeness (QED) is 0.303. The van der Waals surface area contributed by atoms with Gasteiger partial charge in [0.2, 0.25) is 16.2 Å². The van der Waals surface area contributed by atoms with E-state index in [1.807, 2.05) is 85.8 Å². The number of anilines is 2. The van der Waals surface area contributed by atoms with Crippen molar-refractivity contribution in [3.63, 3.8) is 0 Å². The molecule has 1 saturated heterocycles. The first-order valence-corrected chi connectivity index (χ1v) is 13.6. The van der Waals surface area contributed by atoms with Gasteiger partial charge >= 0.3 is 5.97 Å². The minimum atomic E-state index is -1.13. The number of ether oxygens (including phenoxy) is 3. The molecule has 6 rings (SSSR count). The molecule has 0 saturated carbocycles. The van der Waals surface area contributed by atoms with E-state index in [9.17, 15) is 9.59 Å². The van der Waals surface area contributed by atoms with Gasteiger partial charge in [-0.3, -0.25) is 9.69 Å². The fraction of sp³-hybridized carbons (Fsp3) is 0.179. The van der Waals surface area contributed by atoms with Crippen molar-refractivity contribution in [2.45, 2.75) is 18.2 Å². The zero-order valence-corrected chi connectivity index (χ0v) is 22.3. The molecule has 10 heteroatoms. The normalized spacial score (nSPS) is 20.9. The van der Waals surface area contributed by atoms with Crippen LogP contribution >= 0.6 is 23.5 Å². The standard InChI is InChI=1S/C28H23N3O5S2/c1-3-34-27(33)25-29-31(21-11-7-8-18(2)14-21)28(38-25)30(20-9-5-4-6-10-20)26(32)24(37-28)16-19-12-13-22-23(15-19)36-17-35-22/h4-16H,3,17H2,1-2H3. The highest BCUT2D eigenvalue weighted by molar-refractivity contribution is 8.29. The van der Waals surface area contributed by atoms with E-state index >= 15 is 0 Å². The molecule has 192 valence electrons. The molecule has 1 atom stereocenters. The topological polar surface area (TPSA) is 80.7 Å². The predicted molar refractivity (Wildman–Crippen MR) is 150 cm³/mol. The summed E-state index contributed by atoms with van der Waals surface area (Å²) in [5.41, 5.74) is 3.26. The van der Waals surface area contributed by atoms with Crippen LogP contribution in [0.2, 0.25) is 0 Å². The van der Waals surface area contributed by atoms with Crippen LogP contribution in [0.4, 0.5) is 11.4 Å². The number of nitrogens with zero attached hydrogens (tertiary/aromatic N) is 3. The van der Waals surface area contributed by atoms with Crippen LogP contribution in [0.1, 0.15) is 18.1 Å². The van der Waals surface area contributed by atoms with Crippen molar-refractivity contribution in [2.24, 2.45) is 5.10 Å². The number of rotatable bonds is 5. The summed E-state index contributed by atoms with van der Waals surface area (Å²) in [6, 6.07) is 22.8. The second kappa shape index (κ2) is 9.77. The predicted octanol–water partition coefficient (Wildman–Crippen LogP) is 5.59. The lowest BCUT2D eigenvalue weighted by Gasteiger charge is -2.38. The summed E-state index contributed by atoms with van der Waals surface area (Å²) in [6.45, 7) is 4.13. The molecule has 1 spiro atoms. The minimum Gasteiger partial charge on any atom is -0.461 e. The Kier molecular flexibility index (Phi) is 6.29. The Morgan fingerprint density at radius 3 is 2.61 bits per heavy atom. The Hall–Kier alpha value is -3.89. The van der Waals surface area contributed by atoms with Crippen LogP contribution in [0, 0.1) is 6.92 Å². The lowest BCUT2D eigenvalue weighted by atomic mass is 10.2. The van der Waals surface area contributed by atoms with Crippen LogP contribution in [-0.2, 0) is 14.3 Å². The van der Waals surface area contributed by atoms with Crippen molar-refractivity contribution in [1.29, 1.82) is 0 Å². The van der Waals surface area contributed by atoms with Crippen LogP contribution in [0.3, 0.4) is 0 Å². The van der Waals surface area contributed by atoms with E-state index in [0.717, 1.165) is 16.8 Å². The summed E-state index contributed by atoms with van der Waals surface area (Å²) in [5, 5.41) is 6.63. The first-order valence-electron chi connectivity index (χ1n) is 12.0. The van der Waals surface area contributed by atoms with E-state index in [1.165, 1.54) is 23.5 Å². The Labute approximate surface area is 228 Å². The number of fused-ring (bicyclic) bond motifs is 1. The number of hydrogen-bond donors (Lipinski definition) is 0. The molecular formula is C28H23N3O5S2. The lowest BCUT2D eigenvalue weighted by Crippen LogP contribution is -2.51. The molecule has 3 aliphatic heterocycles. The zero-order valence-electron chi connectivity index (χ0n) is 20.6.